The van der Waals surface area contributed by atoms with Crippen LogP contribution in [0.2, 0.25) is 0 Å². The lowest BCUT2D eigenvalue weighted by Gasteiger charge is -2.31. The number of nitrogens with one attached hydrogen (secondary N) is 1. The Hall–Kier alpha value is -2.55. The van der Waals surface area contributed by atoms with E-state index in [1.165, 1.54) is 36.8 Å². The molecule has 2 atom stereocenters. The highest BCUT2D eigenvalue weighted by molar-refractivity contribution is 5.80. The standard InChI is InChI=1S/C18H25F2N3O4/c1-11(14-5-6-15(19)16(20)9-14)22(4)17(25)10-23(12(2)18(26)27)8-7-21-13(3)24/h5-6,9,11-12H,7-8,10H2,1-4H3,(H,21,24)(H,26,27). The van der Waals surface area contributed by atoms with Crippen molar-refractivity contribution >= 4 is 17.8 Å². The minimum Gasteiger partial charge on any atom is -0.480 e. The average molecular weight is 385 g/mol. The largest absolute Gasteiger partial charge is 0.480 e. The van der Waals surface area contributed by atoms with Gasteiger partial charge < -0.3 is 15.3 Å². The quantitative estimate of drug-likeness (QED) is 0.671. The number of carbonyl (C=O) groups excluding carboxylic acids is 2. The van der Waals surface area contributed by atoms with Gasteiger partial charge in [0.15, 0.2) is 11.6 Å². The molecule has 0 radical (unpaired) electrons. The number of carbonyl (C=O) groups is 3. The molecule has 9 heteroatoms. The fourth-order valence-electron chi connectivity index (χ4n) is 2.44. The molecule has 2 amide bonds. The molecule has 2 N–H and O–H groups in total. The van der Waals surface area contributed by atoms with E-state index in [1.54, 1.807) is 6.92 Å². The summed E-state index contributed by atoms with van der Waals surface area (Å²) in [7, 11) is 1.51. The van der Waals surface area contributed by atoms with Crippen LogP contribution in [0.25, 0.3) is 0 Å². The summed E-state index contributed by atoms with van der Waals surface area (Å²) in [4.78, 5) is 37.6. The zero-order valence-electron chi connectivity index (χ0n) is 15.8. The summed E-state index contributed by atoms with van der Waals surface area (Å²) < 4.78 is 26.5. The first-order valence-electron chi connectivity index (χ1n) is 8.46. The first-order valence-corrected chi connectivity index (χ1v) is 8.46. The minimum atomic E-state index is -1.10. The van der Waals surface area contributed by atoms with Gasteiger partial charge in [0, 0.05) is 27.1 Å². The predicted octanol–water partition coefficient (Wildman–Crippen LogP) is 1.40. The number of carboxylic acids is 1. The second kappa shape index (κ2) is 9.96. The Bertz CT molecular complexity index is 699. The van der Waals surface area contributed by atoms with Crippen LogP contribution in [0.5, 0.6) is 0 Å². The van der Waals surface area contributed by atoms with Crippen LogP contribution < -0.4 is 5.32 Å². The van der Waals surface area contributed by atoms with Gasteiger partial charge in [0.25, 0.3) is 0 Å². The van der Waals surface area contributed by atoms with Gasteiger partial charge in [-0.05, 0) is 31.5 Å². The topological polar surface area (TPSA) is 90.0 Å². The van der Waals surface area contributed by atoms with Crippen molar-refractivity contribution in [2.75, 3.05) is 26.7 Å². The molecular formula is C18H25F2N3O4. The summed E-state index contributed by atoms with van der Waals surface area (Å²) in [6.07, 6.45) is 0. The van der Waals surface area contributed by atoms with Gasteiger partial charge in [-0.1, -0.05) is 6.07 Å². The van der Waals surface area contributed by atoms with Crippen LogP contribution in [-0.2, 0) is 14.4 Å². The number of halogens is 2. The van der Waals surface area contributed by atoms with Gasteiger partial charge in [-0.15, -0.1) is 0 Å². The molecule has 0 aliphatic heterocycles. The van der Waals surface area contributed by atoms with E-state index < -0.39 is 29.7 Å². The number of rotatable bonds is 9. The molecule has 0 aromatic heterocycles. The SMILES string of the molecule is CC(=O)NCCN(CC(=O)N(C)C(C)c1ccc(F)c(F)c1)C(C)C(=O)O. The highest BCUT2D eigenvalue weighted by Crippen LogP contribution is 2.21. The highest BCUT2D eigenvalue weighted by atomic mass is 19.2. The maximum Gasteiger partial charge on any atom is 0.320 e. The predicted molar refractivity (Wildman–Crippen MR) is 94.9 cm³/mol. The Kier molecular flexibility index (Phi) is 8.30. The lowest BCUT2D eigenvalue weighted by atomic mass is 10.1. The molecule has 0 heterocycles. The molecule has 1 rings (SSSR count). The van der Waals surface area contributed by atoms with E-state index in [0.29, 0.717) is 5.56 Å². The van der Waals surface area contributed by atoms with Gasteiger partial charge in [0.2, 0.25) is 11.8 Å². The Morgan fingerprint density at radius 2 is 1.81 bits per heavy atom. The second-order valence-corrected chi connectivity index (χ2v) is 6.32. The molecule has 27 heavy (non-hydrogen) atoms. The molecule has 2 unspecified atom stereocenters. The van der Waals surface area contributed by atoms with E-state index in [4.69, 9.17) is 0 Å². The van der Waals surface area contributed by atoms with Crippen molar-refractivity contribution in [1.29, 1.82) is 0 Å². The summed E-state index contributed by atoms with van der Waals surface area (Å²) in [6.45, 7) is 4.62. The normalized spacial score (nSPS) is 13.1. The molecule has 1 aromatic rings. The molecule has 0 aliphatic carbocycles. The molecule has 0 spiro atoms. The number of aliphatic carboxylic acids is 1. The van der Waals surface area contributed by atoms with Gasteiger partial charge in [-0.3, -0.25) is 19.3 Å². The summed E-state index contributed by atoms with van der Waals surface area (Å²) in [6, 6.07) is 1.94. The number of hydrogen-bond acceptors (Lipinski definition) is 4. The zero-order chi connectivity index (χ0) is 20.7. The maximum absolute atomic E-state index is 13.4. The van der Waals surface area contributed by atoms with E-state index in [9.17, 15) is 28.3 Å². The summed E-state index contributed by atoms with van der Waals surface area (Å²) in [5.41, 5.74) is 0.417. The van der Waals surface area contributed by atoms with Crippen molar-refractivity contribution in [1.82, 2.24) is 15.1 Å². The summed E-state index contributed by atoms with van der Waals surface area (Å²) >= 11 is 0. The van der Waals surface area contributed by atoms with Crippen LogP contribution in [0.1, 0.15) is 32.4 Å². The smallest absolute Gasteiger partial charge is 0.320 e. The van der Waals surface area contributed by atoms with E-state index in [1.807, 2.05) is 0 Å². The lowest BCUT2D eigenvalue weighted by Crippen LogP contribution is -2.48. The number of nitrogens with zero attached hydrogens (tertiary/aromatic N) is 2. The van der Waals surface area contributed by atoms with Crippen molar-refractivity contribution in [3.05, 3.63) is 35.4 Å². The molecule has 0 saturated heterocycles. The average Bonchev–Trinajstić information content (AvgIpc) is 2.60. The fourth-order valence-corrected chi connectivity index (χ4v) is 2.44. The first-order chi connectivity index (χ1) is 12.5. The molecule has 0 fully saturated rings. The Morgan fingerprint density at radius 1 is 1.19 bits per heavy atom. The lowest BCUT2D eigenvalue weighted by molar-refractivity contribution is -0.144. The van der Waals surface area contributed by atoms with Crippen molar-refractivity contribution < 1.29 is 28.3 Å². The Morgan fingerprint density at radius 3 is 2.33 bits per heavy atom. The third-order valence-electron chi connectivity index (χ3n) is 4.42. The van der Waals surface area contributed by atoms with Crippen molar-refractivity contribution in [2.24, 2.45) is 0 Å². The fraction of sp³-hybridized carbons (Fsp3) is 0.500. The van der Waals surface area contributed by atoms with Gasteiger partial charge in [0.05, 0.1) is 12.6 Å². The molecule has 7 nitrogen and oxygen atoms in total. The number of carboxylic acid groups (broad SMARTS) is 1. The monoisotopic (exact) mass is 385 g/mol. The number of hydrogen-bond donors (Lipinski definition) is 2. The second-order valence-electron chi connectivity index (χ2n) is 6.32. The minimum absolute atomic E-state index is 0.173. The first kappa shape index (κ1) is 22.5. The molecule has 150 valence electrons. The highest BCUT2D eigenvalue weighted by Gasteiger charge is 2.26. The van der Waals surface area contributed by atoms with Crippen LogP contribution in [0, 0.1) is 11.6 Å². The third-order valence-corrected chi connectivity index (χ3v) is 4.42. The number of benzene rings is 1. The van der Waals surface area contributed by atoms with Crippen LogP contribution in [0.15, 0.2) is 18.2 Å². The molecule has 1 aromatic carbocycles. The van der Waals surface area contributed by atoms with Crippen molar-refractivity contribution in [2.45, 2.75) is 32.9 Å². The maximum atomic E-state index is 13.4. The summed E-state index contributed by atoms with van der Waals surface area (Å²) in [5, 5.41) is 11.8. The molecule has 0 saturated carbocycles. The number of likely N-dealkylation sites (N-methyl/N-ethyl adjacent to an activating group) is 1. The van der Waals surface area contributed by atoms with Crippen LogP contribution in [0.4, 0.5) is 8.78 Å². The molecular weight excluding hydrogens is 360 g/mol. The van der Waals surface area contributed by atoms with Gasteiger partial charge in [0.1, 0.15) is 6.04 Å². The van der Waals surface area contributed by atoms with Crippen molar-refractivity contribution in [3.8, 4) is 0 Å². The van der Waals surface area contributed by atoms with Crippen LogP contribution >= 0.6 is 0 Å². The Balaban J connectivity index is 2.83. The zero-order valence-corrected chi connectivity index (χ0v) is 15.8. The van der Waals surface area contributed by atoms with Gasteiger partial charge >= 0.3 is 5.97 Å². The summed E-state index contributed by atoms with van der Waals surface area (Å²) in [5.74, 6) is -3.71. The third kappa shape index (κ3) is 6.59. The van der Waals surface area contributed by atoms with E-state index >= 15 is 0 Å². The van der Waals surface area contributed by atoms with E-state index in [0.717, 1.165) is 12.1 Å². The van der Waals surface area contributed by atoms with E-state index in [-0.39, 0.29) is 31.4 Å². The van der Waals surface area contributed by atoms with Crippen molar-refractivity contribution in [3.63, 3.8) is 0 Å². The van der Waals surface area contributed by atoms with E-state index in [2.05, 4.69) is 5.32 Å². The van der Waals surface area contributed by atoms with Crippen LogP contribution in [-0.4, -0.2) is 65.4 Å². The number of amides is 2. The van der Waals surface area contributed by atoms with Gasteiger partial charge in [-0.25, -0.2) is 8.78 Å². The molecule has 0 bridgehead atoms. The van der Waals surface area contributed by atoms with Gasteiger partial charge in [-0.2, -0.15) is 0 Å². The molecule has 0 aliphatic rings. The van der Waals surface area contributed by atoms with Crippen LogP contribution in [0.3, 0.4) is 0 Å². The Labute approximate surface area is 156 Å².